The Kier molecular flexibility index (Phi) is 2.52. The molecule has 2 bridgehead atoms. The van der Waals surface area contributed by atoms with E-state index in [4.69, 9.17) is 0 Å². The fourth-order valence-corrected chi connectivity index (χ4v) is 3.89. The van der Waals surface area contributed by atoms with Crippen LogP contribution in [0.3, 0.4) is 0 Å². The normalized spacial score (nSPS) is 29.1. The van der Waals surface area contributed by atoms with Gasteiger partial charge in [-0.05, 0) is 55.7 Å². The quantitative estimate of drug-likeness (QED) is 0.750. The van der Waals surface area contributed by atoms with Crippen LogP contribution >= 0.6 is 0 Å². The van der Waals surface area contributed by atoms with E-state index in [-0.39, 0.29) is 5.69 Å². The number of allylic oxidation sites excluding steroid dienone is 2. The Balaban J connectivity index is 1.54. The van der Waals surface area contributed by atoms with Crippen LogP contribution in [-0.4, -0.2) is 16.0 Å². The third-order valence-corrected chi connectivity index (χ3v) is 4.88. The predicted molar refractivity (Wildman–Crippen MR) is 80.8 cm³/mol. The van der Waals surface area contributed by atoms with E-state index in [9.17, 15) is 4.79 Å². The number of aromatic amines is 2. The van der Waals surface area contributed by atoms with E-state index in [1.54, 1.807) is 0 Å². The first-order valence-corrected chi connectivity index (χ1v) is 7.36. The van der Waals surface area contributed by atoms with Crippen LogP contribution < -0.4 is 11.0 Å². The molecule has 104 valence electrons. The number of rotatable bonds is 3. The lowest BCUT2D eigenvalue weighted by Crippen LogP contribution is -2.28. The molecule has 0 saturated heterocycles. The second-order valence-corrected chi connectivity index (χ2v) is 6.22. The van der Waals surface area contributed by atoms with Crippen molar-refractivity contribution in [1.82, 2.24) is 9.97 Å². The van der Waals surface area contributed by atoms with Crippen LogP contribution in [0.5, 0.6) is 0 Å². The maximum atomic E-state index is 11.3. The van der Waals surface area contributed by atoms with Gasteiger partial charge in [0.05, 0.1) is 11.0 Å². The highest BCUT2D eigenvalue weighted by molar-refractivity contribution is 5.78. The van der Waals surface area contributed by atoms with E-state index in [1.165, 1.54) is 12.8 Å². The van der Waals surface area contributed by atoms with Crippen LogP contribution in [0.1, 0.15) is 19.8 Å². The Bertz CT molecular complexity index is 727. The first kappa shape index (κ1) is 11.8. The van der Waals surface area contributed by atoms with E-state index in [0.29, 0.717) is 6.04 Å². The van der Waals surface area contributed by atoms with Gasteiger partial charge in [0.15, 0.2) is 0 Å². The summed E-state index contributed by atoms with van der Waals surface area (Å²) in [5.41, 5.74) is 2.64. The molecule has 4 heteroatoms. The number of aromatic nitrogens is 2. The second kappa shape index (κ2) is 4.27. The van der Waals surface area contributed by atoms with Crippen LogP contribution in [-0.2, 0) is 0 Å². The molecule has 4 atom stereocenters. The van der Waals surface area contributed by atoms with Crippen molar-refractivity contribution in [2.75, 3.05) is 5.32 Å². The maximum absolute atomic E-state index is 11.3. The number of H-pyrrole nitrogens is 2. The van der Waals surface area contributed by atoms with Crippen molar-refractivity contribution >= 4 is 16.7 Å². The third kappa shape index (κ3) is 1.87. The molecule has 4 unspecified atom stereocenters. The molecule has 0 radical (unpaired) electrons. The van der Waals surface area contributed by atoms with Gasteiger partial charge in [0.25, 0.3) is 0 Å². The van der Waals surface area contributed by atoms with Crippen LogP contribution in [0, 0.1) is 17.8 Å². The molecule has 0 aliphatic heterocycles. The highest BCUT2D eigenvalue weighted by atomic mass is 16.1. The van der Waals surface area contributed by atoms with Gasteiger partial charge in [-0.15, -0.1) is 0 Å². The summed E-state index contributed by atoms with van der Waals surface area (Å²) in [6.45, 7) is 2.27. The summed E-state index contributed by atoms with van der Waals surface area (Å²) in [5, 5.41) is 3.60. The molecule has 2 aromatic rings. The molecule has 4 rings (SSSR count). The Hall–Kier alpha value is -1.97. The van der Waals surface area contributed by atoms with Crippen LogP contribution in [0.2, 0.25) is 0 Å². The molecule has 0 amide bonds. The van der Waals surface area contributed by atoms with Crippen LogP contribution in [0.25, 0.3) is 11.0 Å². The number of imidazole rings is 1. The summed E-state index contributed by atoms with van der Waals surface area (Å²) >= 11 is 0. The highest BCUT2D eigenvalue weighted by Crippen LogP contribution is 2.45. The molecule has 0 spiro atoms. The number of nitrogens with one attached hydrogen (secondary N) is 3. The monoisotopic (exact) mass is 269 g/mol. The average Bonchev–Trinajstić information content (AvgIpc) is 3.11. The lowest BCUT2D eigenvalue weighted by molar-refractivity contribution is 0.400. The van der Waals surface area contributed by atoms with Crippen molar-refractivity contribution in [3.05, 3.63) is 40.8 Å². The van der Waals surface area contributed by atoms with Crippen molar-refractivity contribution in [2.45, 2.75) is 25.8 Å². The van der Waals surface area contributed by atoms with Gasteiger partial charge in [0.1, 0.15) is 0 Å². The van der Waals surface area contributed by atoms with Crippen molar-refractivity contribution < 1.29 is 0 Å². The highest BCUT2D eigenvalue weighted by Gasteiger charge is 2.38. The molecule has 1 aromatic heterocycles. The second-order valence-electron chi connectivity index (χ2n) is 6.22. The molecule has 1 saturated carbocycles. The van der Waals surface area contributed by atoms with Crippen molar-refractivity contribution in [1.29, 1.82) is 0 Å². The number of benzene rings is 1. The molecule has 1 aromatic carbocycles. The van der Waals surface area contributed by atoms with Gasteiger partial charge >= 0.3 is 5.69 Å². The van der Waals surface area contributed by atoms with Gasteiger partial charge in [0.2, 0.25) is 0 Å². The molecule has 2 aliphatic rings. The number of hydrogen-bond donors (Lipinski definition) is 3. The molecular formula is C16H19N3O. The van der Waals surface area contributed by atoms with Gasteiger partial charge in [0, 0.05) is 11.7 Å². The van der Waals surface area contributed by atoms with Crippen molar-refractivity contribution in [2.24, 2.45) is 17.8 Å². The Labute approximate surface area is 117 Å². The van der Waals surface area contributed by atoms with Crippen molar-refractivity contribution in [3.8, 4) is 0 Å². The average molecular weight is 269 g/mol. The van der Waals surface area contributed by atoms with Gasteiger partial charge in [-0.2, -0.15) is 0 Å². The zero-order chi connectivity index (χ0) is 13.7. The van der Waals surface area contributed by atoms with E-state index in [2.05, 4.69) is 34.4 Å². The fraction of sp³-hybridized carbons (Fsp3) is 0.438. The lowest BCUT2D eigenvalue weighted by atomic mass is 9.87. The fourth-order valence-electron chi connectivity index (χ4n) is 3.89. The Morgan fingerprint density at radius 3 is 2.80 bits per heavy atom. The predicted octanol–water partition coefficient (Wildman–Crippen LogP) is 2.87. The minimum atomic E-state index is -0.150. The van der Waals surface area contributed by atoms with Gasteiger partial charge < -0.3 is 15.3 Å². The van der Waals surface area contributed by atoms with Crippen molar-refractivity contribution in [3.63, 3.8) is 0 Å². The standard InChI is InChI=1S/C16H19N3O/c1-9(13-7-10-2-3-11(13)6-10)17-12-4-5-14-15(8-12)19-16(20)18-14/h2-5,8-11,13,17H,6-7H2,1H3,(H2,18,19,20). The SMILES string of the molecule is CC(Nc1ccc2[nH]c(=O)[nH]c2c1)C1CC2C=CC1C2. The zero-order valence-electron chi connectivity index (χ0n) is 11.5. The summed E-state index contributed by atoms with van der Waals surface area (Å²) in [4.78, 5) is 16.9. The summed E-state index contributed by atoms with van der Waals surface area (Å²) in [5.74, 6) is 2.28. The molecule has 4 nitrogen and oxygen atoms in total. The van der Waals surface area contributed by atoms with Gasteiger partial charge in [-0.25, -0.2) is 4.79 Å². The van der Waals surface area contributed by atoms with E-state index < -0.39 is 0 Å². The molecule has 3 N–H and O–H groups in total. The summed E-state index contributed by atoms with van der Waals surface area (Å²) in [7, 11) is 0. The molecule has 1 heterocycles. The summed E-state index contributed by atoms with van der Waals surface area (Å²) in [6, 6.07) is 6.44. The summed E-state index contributed by atoms with van der Waals surface area (Å²) < 4.78 is 0. The minimum Gasteiger partial charge on any atom is -0.382 e. The van der Waals surface area contributed by atoms with E-state index in [1.807, 2.05) is 18.2 Å². The summed E-state index contributed by atoms with van der Waals surface area (Å²) in [6.07, 6.45) is 7.41. The van der Waals surface area contributed by atoms with Gasteiger partial charge in [-0.3, -0.25) is 0 Å². The molecule has 20 heavy (non-hydrogen) atoms. The Morgan fingerprint density at radius 2 is 2.05 bits per heavy atom. The Morgan fingerprint density at radius 1 is 1.20 bits per heavy atom. The number of fused-ring (bicyclic) bond motifs is 3. The molecular weight excluding hydrogens is 250 g/mol. The smallest absolute Gasteiger partial charge is 0.323 e. The first-order chi connectivity index (χ1) is 9.69. The van der Waals surface area contributed by atoms with E-state index in [0.717, 1.165) is 34.5 Å². The third-order valence-electron chi connectivity index (χ3n) is 4.88. The maximum Gasteiger partial charge on any atom is 0.323 e. The topological polar surface area (TPSA) is 60.7 Å². The largest absolute Gasteiger partial charge is 0.382 e. The lowest BCUT2D eigenvalue weighted by Gasteiger charge is -2.27. The first-order valence-electron chi connectivity index (χ1n) is 7.36. The molecule has 1 fully saturated rings. The van der Waals surface area contributed by atoms with Crippen LogP contribution in [0.15, 0.2) is 35.1 Å². The zero-order valence-corrected chi connectivity index (χ0v) is 11.5. The number of anilines is 1. The number of hydrogen-bond acceptors (Lipinski definition) is 2. The van der Waals surface area contributed by atoms with Gasteiger partial charge in [-0.1, -0.05) is 12.2 Å². The van der Waals surface area contributed by atoms with Crippen LogP contribution in [0.4, 0.5) is 5.69 Å². The van der Waals surface area contributed by atoms with E-state index >= 15 is 0 Å². The molecule has 2 aliphatic carbocycles. The minimum absolute atomic E-state index is 0.150.